The minimum Gasteiger partial charge on any atom is -0.478 e. The number of carboxylic acids is 1. The highest BCUT2D eigenvalue weighted by molar-refractivity contribution is 6.03. The van der Waals surface area contributed by atoms with Gasteiger partial charge in [-0.1, -0.05) is 38.4 Å². The maximum Gasteiger partial charge on any atom is 0.339 e. The molecule has 288 valence electrons. The van der Waals surface area contributed by atoms with Crippen LogP contribution in [0.25, 0.3) is 11.1 Å². The zero-order valence-electron chi connectivity index (χ0n) is 30.0. The molecule has 0 unspecified atom stereocenters. The SMILES string of the molecule is C=C(C)C(=O)OCC(COC(=O)C(=C)C)OC(=O)c1cc(-c2ccc(C(=O)OC(COC(=O)C(=C)C)COC(=O)C(=C)C)c(C(O)O)c2)ccc1C(=O)O. The Morgan fingerprint density at radius 3 is 1.20 bits per heavy atom. The van der Waals surface area contributed by atoms with Crippen LogP contribution < -0.4 is 0 Å². The summed E-state index contributed by atoms with van der Waals surface area (Å²) in [6.07, 6.45) is -5.00. The number of carbonyl (C=O) groups is 7. The second kappa shape index (κ2) is 20.0. The maximum atomic E-state index is 13.4. The summed E-state index contributed by atoms with van der Waals surface area (Å²) in [5.41, 5.74) is -1.31. The predicted molar refractivity (Wildman–Crippen MR) is 188 cm³/mol. The number of aliphatic hydroxyl groups is 2. The molecule has 0 spiro atoms. The van der Waals surface area contributed by atoms with Gasteiger partial charge in [-0.05, 0) is 63.1 Å². The van der Waals surface area contributed by atoms with E-state index in [1.807, 2.05) is 0 Å². The molecule has 0 aromatic heterocycles. The molecule has 2 rings (SSSR count). The molecular formula is C38H40O16. The molecule has 16 nitrogen and oxygen atoms in total. The van der Waals surface area contributed by atoms with Crippen LogP contribution in [0.15, 0.2) is 85.0 Å². The Morgan fingerprint density at radius 2 is 0.870 bits per heavy atom. The van der Waals surface area contributed by atoms with Crippen molar-refractivity contribution in [3.8, 4) is 11.1 Å². The van der Waals surface area contributed by atoms with Gasteiger partial charge in [0.1, 0.15) is 26.4 Å². The van der Waals surface area contributed by atoms with Gasteiger partial charge in [-0.15, -0.1) is 0 Å². The third-order valence-electron chi connectivity index (χ3n) is 6.90. The fourth-order valence-corrected chi connectivity index (χ4v) is 4.05. The zero-order valence-corrected chi connectivity index (χ0v) is 30.0. The van der Waals surface area contributed by atoms with Gasteiger partial charge in [0, 0.05) is 27.9 Å². The number of aromatic carboxylic acids is 1. The van der Waals surface area contributed by atoms with Gasteiger partial charge >= 0.3 is 41.8 Å². The summed E-state index contributed by atoms with van der Waals surface area (Å²) in [6, 6.07) is 7.11. The number of ether oxygens (including phenoxy) is 6. The van der Waals surface area contributed by atoms with E-state index in [0.717, 1.165) is 24.3 Å². The van der Waals surface area contributed by atoms with Gasteiger partial charge in [0.2, 0.25) is 0 Å². The first kappa shape index (κ1) is 43.8. The number of rotatable bonds is 19. The summed E-state index contributed by atoms with van der Waals surface area (Å²) in [6.45, 7) is 17.0. The summed E-state index contributed by atoms with van der Waals surface area (Å²) in [5, 5.41) is 30.2. The van der Waals surface area contributed by atoms with Crippen LogP contribution >= 0.6 is 0 Å². The van der Waals surface area contributed by atoms with Crippen LogP contribution in [0.3, 0.4) is 0 Å². The van der Waals surface area contributed by atoms with Crippen molar-refractivity contribution in [2.45, 2.75) is 46.2 Å². The molecule has 0 amide bonds. The monoisotopic (exact) mass is 752 g/mol. The van der Waals surface area contributed by atoms with Gasteiger partial charge in [0.05, 0.1) is 16.7 Å². The summed E-state index contributed by atoms with van der Waals surface area (Å²) in [4.78, 5) is 86.6. The number of benzene rings is 2. The Hall–Kier alpha value is -6.39. The van der Waals surface area contributed by atoms with Crippen LogP contribution in [0, 0.1) is 0 Å². The van der Waals surface area contributed by atoms with Crippen LogP contribution in [0.1, 0.15) is 70.6 Å². The van der Waals surface area contributed by atoms with Crippen molar-refractivity contribution in [1.82, 2.24) is 0 Å². The van der Waals surface area contributed by atoms with E-state index in [1.165, 1.54) is 39.8 Å². The molecule has 0 atom stereocenters. The summed E-state index contributed by atoms with van der Waals surface area (Å²) in [7, 11) is 0. The predicted octanol–water partition coefficient (Wildman–Crippen LogP) is 3.56. The molecule has 0 heterocycles. The molecule has 2 aromatic carbocycles. The van der Waals surface area contributed by atoms with E-state index in [4.69, 9.17) is 28.4 Å². The summed E-state index contributed by atoms with van der Waals surface area (Å²) in [5.74, 6) is -7.18. The van der Waals surface area contributed by atoms with Crippen LogP contribution in [-0.4, -0.2) is 95.7 Å². The minimum absolute atomic E-state index is 0.0273. The third-order valence-corrected chi connectivity index (χ3v) is 6.90. The highest BCUT2D eigenvalue weighted by Gasteiger charge is 2.27. The van der Waals surface area contributed by atoms with E-state index in [9.17, 15) is 48.9 Å². The zero-order chi connectivity index (χ0) is 40.9. The molecule has 0 saturated heterocycles. The lowest BCUT2D eigenvalue weighted by Crippen LogP contribution is -2.31. The smallest absolute Gasteiger partial charge is 0.339 e. The largest absolute Gasteiger partial charge is 0.478 e. The molecule has 0 saturated carbocycles. The highest BCUT2D eigenvalue weighted by atomic mass is 16.6. The lowest BCUT2D eigenvalue weighted by atomic mass is 9.95. The van der Waals surface area contributed by atoms with Gasteiger partial charge in [0.15, 0.2) is 18.5 Å². The third kappa shape index (κ3) is 13.0. The molecule has 2 aromatic rings. The van der Waals surface area contributed by atoms with E-state index >= 15 is 0 Å². The molecule has 0 fully saturated rings. The Morgan fingerprint density at radius 1 is 0.537 bits per heavy atom. The van der Waals surface area contributed by atoms with Crippen molar-refractivity contribution >= 4 is 41.8 Å². The quantitative estimate of drug-likeness (QED) is 0.0805. The van der Waals surface area contributed by atoms with Gasteiger partial charge in [0.25, 0.3) is 0 Å². The second-order valence-corrected chi connectivity index (χ2v) is 11.8. The van der Waals surface area contributed by atoms with E-state index < -0.39 is 97.8 Å². The number of hydrogen-bond donors (Lipinski definition) is 3. The van der Waals surface area contributed by atoms with Crippen molar-refractivity contribution in [2.24, 2.45) is 0 Å². The summed E-state index contributed by atoms with van der Waals surface area (Å²) < 4.78 is 30.9. The summed E-state index contributed by atoms with van der Waals surface area (Å²) >= 11 is 0. The molecule has 3 N–H and O–H groups in total. The van der Waals surface area contributed by atoms with Gasteiger partial charge < -0.3 is 43.7 Å². The van der Waals surface area contributed by atoms with Gasteiger partial charge in [-0.3, -0.25) is 0 Å². The minimum atomic E-state index is -2.26. The average molecular weight is 753 g/mol. The highest BCUT2D eigenvalue weighted by Crippen LogP contribution is 2.29. The molecule has 0 bridgehead atoms. The number of carboxylic acid groups (broad SMARTS) is 1. The number of esters is 6. The van der Waals surface area contributed by atoms with Crippen LogP contribution in [0.2, 0.25) is 0 Å². The fraction of sp³-hybridized carbons (Fsp3) is 0.289. The number of carbonyl (C=O) groups excluding carboxylic acids is 6. The Bertz CT molecular complexity index is 1810. The molecule has 0 aliphatic heterocycles. The van der Waals surface area contributed by atoms with Crippen molar-refractivity contribution < 1.29 is 77.3 Å². The Balaban J connectivity index is 2.47. The van der Waals surface area contributed by atoms with Crippen LogP contribution in [-0.2, 0) is 47.6 Å². The molecule has 54 heavy (non-hydrogen) atoms. The van der Waals surface area contributed by atoms with Crippen molar-refractivity contribution in [2.75, 3.05) is 26.4 Å². The van der Waals surface area contributed by atoms with Crippen LogP contribution in [0.5, 0.6) is 0 Å². The Labute approximate surface area is 309 Å². The lowest BCUT2D eigenvalue weighted by molar-refractivity contribution is -0.149. The maximum absolute atomic E-state index is 13.4. The number of hydrogen-bond acceptors (Lipinski definition) is 15. The topological polar surface area (TPSA) is 236 Å². The van der Waals surface area contributed by atoms with E-state index in [1.54, 1.807) is 0 Å². The number of aliphatic hydroxyl groups excluding tert-OH is 1. The lowest BCUT2D eigenvalue weighted by Gasteiger charge is -2.20. The molecular weight excluding hydrogens is 712 g/mol. The molecule has 0 aliphatic rings. The first-order valence-corrected chi connectivity index (χ1v) is 15.8. The molecule has 16 heteroatoms. The van der Waals surface area contributed by atoms with E-state index in [0.29, 0.717) is 0 Å². The fourth-order valence-electron chi connectivity index (χ4n) is 4.05. The van der Waals surface area contributed by atoms with Crippen molar-refractivity contribution in [3.63, 3.8) is 0 Å². The Kier molecular flexibility index (Phi) is 16.2. The van der Waals surface area contributed by atoms with Crippen molar-refractivity contribution in [3.05, 3.63) is 107 Å². The second-order valence-electron chi connectivity index (χ2n) is 11.8. The average Bonchev–Trinajstić information content (AvgIpc) is 3.11. The van der Waals surface area contributed by atoms with E-state index in [-0.39, 0.29) is 44.5 Å². The van der Waals surface area contributed by atoms with Gasteiger partial charge in [-0.25, -0.2) is 33.6 Å². The van der Waals surface area contributed by atoms with Crippen molar-refractivity contribution in [1.29, 1.82) is 0 Å². The standard InChI is InChI=1S/C38H40O16/c1-19(2)33(43)49-15-25(16-50-34(44)20(3)4)53-37(47)28-12-10-23(13-29(28)32(41)42)24-9-11-27(31(39)40)30(14-24)38(48)54-26(17-51-35(45)21(5)6)18-52-36(46)22(7)8/h9-14,25-26,32,41-42H,1,3,5,7,15-18H2,2,4,6,8H3,(H,39,40). The molecule has 0 aliphatic carbocycles. The first-order chi connectivity index (χ1) is 25.2. The van der Waals surface area contributed by atoms with Gasteiger partial charge in [-0.2, -0.15) is 0 Å². The van der Waals surface area contributed by atoms with E-state index in [2.05, 4.69) is 26.3 Å². The normalized spacial score (nSPS) is 10.6. The van der Waals surface area contributed by atoms with Crippen LogP contribution in [0.4, 0.5) is 0 Å². The first-order valence-electron chi connectivity index (χ1n) is 15.8. The molecule has 0 radical (unpaired) electrons.